The molecule has 0 N–H and O–H groups in total. The molecule has 27 rings (SSSR count). The van der Waals surface area contributed by atoms with Crippen LogP contribution < -0.4 is 9.80 Å². The highest BCUT2D eigenvalue weighted by atomic mass is 15.1. The maximum atomic E-state index is 2.61. The molecule has 2 spiro atoms. The highest BCUT2D eigenvalue weighted by molar-refractivity contribution is 6.27. The Kier molecular flexibility index (Phi) is 14.6. The van der Waals surface area contributed by atoms with E-state index in [0.29, 0.717) is 0 Å². The van der Waals surface area contributed by atoms with E-state index in [1.54, 1.807) is 0 Å². The fourth-order valence-electron chi connectivity index (χ4n) is 23.8. The summed E-state index contributed by atoms with van der Waals surface area (Å²) >= 11 is 0. The monoisotopic (exact) mass is 1580 g/mol. The molecule has 21 aromatic carbocycles. The summed E-state index contributed by atoms with van der Waals surface area (Å²) in [6.45, 7) is 4.77. The highest BCUT2D eigenvalue weighted by Crippen LogP contribution is 2.69. The second-order valence-corrected chi connectivity index (χ2v) is 35.5. The number of rotatable bonds is 10. The van der Waals surface area contributed by atoms with E-state index in [-0.39, 0.29) is 5.41 Å². The lowest BCUT2D eigenvalue weighted by Gasteiger charge is -2.32. The first-order valence-electron chi connectivity index (χ1n) is 43.9. The van der Waals surface area contributed by atoms with Gasteiger partial charge in [0, 0.05) is 39.5 Å². The summed E-state index contributed by atoms with van der Waals surface area (Å²) in [4.78, 5) is 4.95. The van der Waals surface area contributed by atoms with Gasteiger partial charge in [-0.1, -0.05) is 347 Å². The van der Waals surface area contributed by atoms with E-state index in [4.69, 9.17) is 0 Å². The molecule has 580 valence electrons. The second-order valence-electron chi connectivity index (χ2n) is 35.5. The van der Waals surface area contributed by atoms with Crippen LogP contribution in [0, 0.1) is 0 Å². The summed E-state index contributed by atoms with van der Waals surface area (Å²) in [5, 5.41) is 10.3. The maximum Gasteiger partial charge on any atom is 0.0726 e. The molecule has 0 heterocycles. The summed E-state index contributed by atoms with van der Waals surface area (Å²) in [5.74, 6) is 0. The van der Waals surface area contributed by atoms with Crippen LogP contribution in [-0.2, 0) is 16.2 Å². The number of hydrogen-bond acceptors (Lipinski definition) is 2. The molecular formula is C123H78N2. The third kappa shape index (κ3) is 9.69. The van der Waals surface area contributed by atoms with Gasteiger partial charge in [-0.05, 0) is 324 Å². The first-order chi connectivity index (χ1) is 61.7. The molecule has 0 aliphatic heterocycles. The van der Waals surface area contributed by atoms with Crippen LogP contribution in [0.25, 0.3) is 165 Å². The van der Waals surface area contributed by atoms with Crippen molar-refractivity contribution in [1.29, 1.82) is 0 Å². The molecular weight excluding hydrogens is 1510 g/mol. The van der Waals surface area contributed by atoms with Crippen molar-refractivity contribution in [2.45, 2.75) is 30.1 Å². The van der Waals surface area contributed by atoms with Gasteiger partial charge in [-0.25, -0.2) is 0 Å². The Balaban J connectivity index is 0.570. The Morgan fingerprint density at radius 2 is 0.464 bits per heavy atom. The highest BCUT2D eigenvalue weighted by Gasteiger charge is 2.55. The van der Waals surface area contributed by atoms with Gasteiger partial charge >= 0.3 is 0 Å². The molecule has 0 radical (unpaired) electrons. The molecule has 125 heavy (non-hydrogen) atoms. The molecule has 0 fully saturated rings. The molecule has 0 bridgehead atoms. The zero-order chi connectivity index (χ0) is 82.1. The summed E-state index contributed by atoms with van der Waals surface area (Å²) in [5.41, 5.74) is 46.1. The van der Waals surface area contributed by atoms with Crippen LogP contribution in [0.2, 0.25) is 0 Å². The molecule has 2 heteroatoms. The fraction of sp³-hybridized carbons (Fsp3) is 0.0407. The van der Waals surface area contributed by atoms with Crippen molar-refractivity contribution < 1.29 is 0 Å². The van der Waals surface area contributed by atoms with E-state index in [9.17, 15) is 0 Å². The molecule has 0 saturated carbocycles. The molecule has 6 aliphatic rings. The normalized spacial score (nSPS) is 15.4. The van der Waals surface area contributed by atoms with Crippen molar-refractivity contribution in [3.8, 4) is 122 Å². The van der Waals surface area contributed by atoms with Gasteiger partial charge in [0.1, 0.15) is 0 Å². The Morgan fingerprint density at radius 1 is 0.152 bits per heavy atom. The smallest absolute Gasteiger partial charge is 0.0726 e. The van der Waals surface area contributed by atoms with Crippen molar-refractivity contribution in [3.05, 3.63) is 492 Å². The van der Waals surface area contributed by atoms with E-state index in [1.165, 1.54) is 210 Å². The Morgan fingerprint density at radius 3 is 0.952 bits per heavy atom. The van der Waals surface area contributed by atoms with Crippen LogP contribution in [-0.4, -0.2) is 0 Å². The van der Waals surface area contributed by atoms with E-state index in [0.717, 1.165) is 45.3 Å². The lowest BCUT2D eigenvalue weighted by molar-refractivity contribution is 0.660. The standard InChI is InChI=1S/C123H78N2/c1-121(2)109-40-20-15-35-95(109)99-64-61-88(71-116(99)121)125(85-59-51-79(52-60-85)76-27-7-4-8-28-76)87-63-66-115-104(70-87)97-37-17-23-43-112(97)123(115)113-44-24-19-39-100(113)120-108-68-82(67-106-93-33-13-14-34-94(93)107(119(106)108)74-118(120)123)81-47-45-77(46-48-81)80-53-57-84(58-54-80)124(83-55-49-78(50-56-83)75-25-5-3-6-26-75)86-62-65-114-103(69-86)96-36-16-21-41-110(96)122(114)111-42-22-18-38-98(111)105-72-101-91-31-11-9-29-89(91)90-30-10-12-32-92(90)102(101)73-117(105)122/h3-74H,1-2H3. The molecule has 21 aromatic rings. The average Bonchev–Trinajstić information content (AvgIpc) is 1.51. The van der Waals surface area contributed by atoms with Gasteiger partial charge in [0.05, 0.1) is 10.8 Å². The Hall–Kier alpha value is -15.7. The minimum absolute atomic E-state index is 0.175. The van der Waals surface area contributed by atoms with Crippen LogP contribution in [0.15, 0.2) is 437 Å². The number of nitrogens with zero attached hydrogens (tertiary/aromatic N) is 2. The summed E-state index contributed by atoms with van der Waals surface area (Å²) in [6, 6.07) is 166. The molecule has 0 aromatic heterocycles. The van der Waals surface area contributed by atoms with Crippen molar-refractivity contribution in [1.82, 2.24) is 0 Å². The van der Waals surface area contributed by atoms with Crippen LogP contribution in [0.1, 0.15) is 69.5 Å². The Labute approximate surface area is 726 Å². The zero-order valence-corrected chi connectivity index (χ0v) is 69.0. The SMILES string of the molecule is CC1(C)c2ccccc2-c2ccc(N(c3ccc(-c4ccccc4)cc3)c3ccc4c(c3)-c3ccccc3C43c4ccccc4-c4c3cc3c5c(cc(-c6ccc(-c7ccc(N(c8ccc(-c9ccccc9)cc8)c8ccc9c(c8)-c8ccccc8C98c9ccccc9-c9cc%10c%11ccccc%11c%11ccccc%11c%10cc98)cc7)cc6)cc45)-c4ccccc4-3)cc21. The number of hydrogen-bond donors (Lipinski definition) is 0. The van der Waals surface area contributed by atoms with Gasteiger partial charge in [0.15, 0.2) is 0 Å². The van der Waals surface area contributed by atoms with Crippen molar-refractivity contribution in [3.63, 3.8) is 0 Å². The van der Waals surface area contributed by atoms with Crippen LogP contribution in [0.3, 0.4) is 0 Å². The van der Waals surface area contributed by atoms with Crippen LogP contribution >= 0.6 is 0 Å². The topological polar surface area (TPSA) is 6.48 Å². The van der Waals surface area contributed by atoms with Crippen molar-refractivity contribution in [2.24, 2.45) is 0 Å². The first kappa shape index (κ1) is 70.0. The summed E-state index contributed by atoms with van der Waals surface area (Å²) in [6.07, 6.45) is 0. The third-order valence-electron chi connectivity index (χ3n) is 29.2. The number of fused-ring (bicyclic) bond motifs is 33. The van der Waals surface area contributed by atoms with Gasteiger partial charge in [-0.15, -0.1) is 0 Å². The molecule has 2 atom stereocenters. The summed E-state index contributed by atoms with van der Waals surface area (Å²) < 4.78 is 0. The average molecular weight is 1580 g/mol. The molecule has 2 nitrogen and oxygen atoms in total. The van der Waals surface area contributed by atoms with E-state index in [2.05, 4.69) is 460 Å². The third-order valence-corrected chi connectivity index (χ3v) is 29.2. The van der Waals surface area contributed by atoms with Gasteiger partial charge in [-0.2, -0.15) is 0 Å². The molecule has 2 unspecified atom stereocenters. The maximum absolute atomic E-state index is 2.61. The van der Waals surface area contributed by atoms with Gasteiger partial charge in [0.25, 0.3) is 0 Å². The van der Waals surface area contributed by atoms with E-state index in [1.807, 2.05) is 0 Å². The number of anilines is 6. The van der Waals surface area contributed by atoms with Crippen molar-refractivity contribution in [2.75, 3.05) is 9.80 Å². The molecule has 0 saturated heterocycles. The van der Waals surface area contributed by atoms with Crippen LogP contribution in [0.5, 0.6) is 0 Å². The predicted octanol–water partition coefficient (Wildman–Crippen LogP) is 32.5. The zero-order valence-electron chi connectivity index (χ0n) is 69.0. The number of benzene rings is 21. The van der Waals surface area contributed by atoms with E-state index >= 15 is 0 Å². The van der Waals surface area contributed by atoms with Crippen LogP contribution in [0.4, 0.5) is 34.1 Å². The largest absolute Gasteiger partial charge is 0.310 e. The quantitative estimate of drug-likeness (QED) is 0.126. The molecule has 0 amide bonds. The predicted molar refractivity (Wildman–Crippen MR) is 522 cm³/mol. The fourth-order valence-corrected chi connectivity index (χ4v) is 23.8. The Bertz CT molecular complexity index is 8220. The first-order valence-corrected chi connectivity index (χ1v) is 43.9. The lowest BCUT2D eigenvalue weighted by Crippen LogP contribution is -2.26. The minimum atomic E-state index is -0.613. The van der Waals surface area contributed by atoms with Gasteiger partial charge in [-0.3, -0.25) is 0 Å². The lowest BCUT2D eigenvalue weighted by atomic mass is 9.70. The van der Waals surface area contributed by atoms with Gasteiger partial charge < -0.3 is 9.80 Å². The second kappa shape index (κ2) is 26.1. The molecule has 6 aliphatic carbocycles. The van der Waals surface area contributed by atoms with E-state index < -0.39 is 10.8 Å². The van der Waals surface area contributed by atoms with Crippen molar-refractivity contribution >= 4 is 77.2 Å². The minimum Gasteiger partial charge on any atom is -0.310 e. The van der Waals surface area contributed by atoms with Gasteiger partial charge in [0.2, 0.25) is 0 Å². The summed E-state index contributed by atoms with van der Waals surface area (Å²) in [7, 11) is 0.